The first kappa shape index (κ1) is 23.2. The van der Waals surface area contributed by atoms with Gasteiger partial charge in [0.1, 0.15) is 4.88 Å². The Morgan fingerprint density at radius 3 is 2.97 bits per heavy atom. The first-order valence-corrected chi connectivity index (χ1v) is 11.1. The van der Waals surface area contributed by atoms with E-state index in [1.807, 2.05) is 37.0 Å². The van der Waals surface area contributed by atoms with E-state index in [0.717, 1.165) is 30.6 Å². The molecule has 1 aliphatic rings. The van der Waals surface area contributed by atoms with Crippen LogP contribution in [0.5, 0.6) is 0 Å². The van der Waals surface area contributed by atoms with Gasteiger partial charge < -0.3 is 14.7 Å². The van der Waals surface area contributed by atoms with Gasteiger partial charge in [-0.2, -0.15) is 0 Å². The molecule has 6 heteroatoms. The van der Waals surface area contributed by atoms with Gasteiger partial charge in [-0.3, -0.25) is 4.79 Å². The summed E-state index contributed by atoms with van der Waals surface area (Å²) in [7, 11) is 1.38. The average molecular weight is 418 g/mol. The zero-order valence-corrected chi connectivity index (χ0v) is 18.3. The van der Waals surface area contributed by atoms with E-state index in [4.69, 9.17) is 4.74 Å². The van der Waals surface area contributed by atoms with E-state index in [1.165, 1.54) is 18.4 Å². The lowest BCUT2D eigenvalue weighted by molar-refractivity contribution is -0.128. The van der Waals surface area contributed by atoms with Crippen molar-refractivity contribution in [2.75, 3.05) is 13.7 Å². The van der Waals surface area contributed by atoms with Crippen LogP contribution in [0.25, 0.3) is 0 Å². The number of hydrogen-bond acceptors (Lipinski definition) is 5. The molecule has 0 aromatic carbocycles. The van der Waals surface area contributed by atoms with Gasteiger partial charge >= 0.3 is 5.97 Å². The summed E-state index contributed by atoms with van der Waals surface area (Å²) in [5, 5.41) is 10.3. The minimum absolute atomic E-state index is 0.0417. The van der Waals surface area contributed by atoms with E-state index in [0.29, 0.717) is 24.3 Å². The van der Waals surface area contributed by atoms with Gasteiger partial charge in [0.15, 0.2) is 0 Å². The third-order valence-corrected chi connectivity index (χ3v) is 6.21. The molecular formula is C23H31NO4S. The van der Waals surface area contributed by atoms with Gasteiger partial charge in [-0.05, 0) is 37.3 Å². The van der Waals surface area contributed by atoms with Crippen molar-refractivity contribution in [2.45, 2.75) is 64.5 Å². The lowest BCUT2D eigenvalue weighted by Gasteiger charge is -2.23. The molecule has 0 spiro atoms. The number of aryl methyl sites for hydroxylation is 1. The predicted octanol–water partition coefficient (Wildman–Crippen LogP) is 3.82. The van der Waals surface area contributed by atoms with Crippen LogP contribution in [0.2, 0.25) is 0 Å². The fourth-order valence-electron chi connectivity index (χ4n) is 3.30. The molecule has 1 aliphatic heterocycles. The topological polar surface area (TPSA) is 66.8 Å². The van der Waals surface area contributed by atoms with Crippen LogP contribution >= 0.6 is 11.3 Å². The number of carbonyl (C=O) groups excluding carboxylic acids is 2. The number of hydrogen-bond donors (Lipinski definition) is 1. The number of ether oxygens (including phenoxy) is 1. The number of aliphatic hydroxyl groups is 1. The fourth-order valence-corrected chi connectivity index (χ4v) is 4.27. The highest BCUT2D eigenvalue weighted by Crippen LogP contribution is 2.23. The van der Waals surface area contributed by atoms with E-state index in [-0.39, 0.29) is 23.8 Å². The van der Waals surface area contributed by atoms with Crippen LogP contribution in [-0.2, 0) is 16.0 Å². The molecule has 1 aromatic rings. The second-order valence-corrected chi connectivity index (χ2v) is 8.49. The van der Waals surface area contributed by atoms with Crippen molar-refractivity contribution < 1.29 is 19.4 Å². The van der Waals surface area contributed by atoms with E-state index >= 15 is 0 Å². The van der Waals surface area contributed by atoms with Crippen molar-refractivity contribution in [3.63, 3.8) is 0 Å². The normalized spacial score (nSPS) is 18.6. The zero-order valence-electron chi connectivity index (χ0n) is 17.5. The number of esters is 1. The lowest BCUT2D eigenvalue weighted by Crippen LogP contribution is -2.33. The maximum atomic E-state index is 12.3. The van der Waals surface area contributed by atoms with Crippen molar-refractivity contribution in [3.8, 4) is 11.8 Å². The Bertz CT molecular complexity index is 773. The molecule has 0 radical (unpaired) electrons. The third-order valence-electron chi connectivity index (χ3n) is 5.08. The molecule has 0 aliphatic carbocycles. The summed E-state index contributed by atoms with van der Waals surface area (Å²) >= 11 is 1.44. The quantitative estimate of drug-likeness (QED) is 0.377. The van der Waals surface area contributed by atoms with E-state index in [2.05, 4.69) is 11.8 Å². The Hall–Kier alpha value is -2.10. The second-order valence-electron chi connectivity index (χ2n) is 7.32. The number of methoxy groups -OCH3 is 1. The monoisotopic (exact) mass is 417 g/mol. The molecule has 5 nitrogen and oxygen atoms in total. The highest BCUT2D eigenvalue weighted by molar-refractivity contribution is 7.13. The van der Waals surface area contributed by atoms with E-state index < -0.39 is 6.10 Å². The van der Waals surface area contributed by atoms with Crippen LogP contribution in [0, 0.1) is 17.8 Å². The number of carbonyl (C=O) groups is 2. The van der Waals surface area contributed by atoms with Crippen molar-refractivity contribution in [1.29, 1.82) is 0 Å². The molecule has 3 atom stereocenters. The van der Waals surface area contributed by atoms with Crippen LogP contribution < -0.4 is 0 Å². The van der Waals surface area contributed by atoms with Crippen LogP contribution in [-0.4, -0.2) is 47.7 Å². The Morgan fingerprint density at radius 2 is 2.24 bits per heavy atom. The molecular weight excluding hydrogens is 386 g/mol. The number of likely N-dealkylation sites (tertiary alicyclic amines) is 1. The smallest absolute Gasteiger partial charge is 0.348 e. The standard InChI is InChI=1S/C23H31NO4S/c1-4-5-6-8-17(2)20(25)13-10-18-11-15-22(26)24(18)16-7-9-19-12-14-21(29-19)23(27)28-3/h10,12-14,17-18,20,25H,4,7-9,11,15-16H2,1-3H3/t17-,18?,20-/m1/s1. The fraction of sp³-hybridized carbons (Fsp3) is 0.565. The highest BCUT2D eigenvalue weighted by atomic mass is 32.1. The molecule has 1 aromatic heterocycles. The molecule has 0 saturated carbocycles. The summed E-state index contributed by atoms with van der Waals surface area (Å²) in [5.41, 5.74) is 0. The lowest BCUT2D eigenvalue weighted by atomic mass is 10.00. The Kier molecular flexibility index (Phi) is 9.43. The molecule has 158 valence electrons. The van der Waals surface area contributed by atoms with Gasteiger partial charge in [0, 0.05) is 30.7 Å². The number of nitrogens with zero attached hydrogens (tertiary/aromatic N) is 1. The summed E-state index contributed by atoms with van der Waals surface area (Å²) in [6.45, 7) is 4.67. The summed E-state index contributed by atoms with van der Waals surface area (Å²) in [6.07, 6.45) is 7.72. The molecule has 2 rings (SSSR count). The minimum Gasteiger partial charge on any atom is -0.465 e. The Labute approximate surface area is 177 Å². The van der Waals surface area contributed by atoms with Crippen molar-refractivity contribution in [2.24, 2.45) is 5.92 Å². The number of rotatable bonds is 9. The van der Waals surface area contributed by atoms with Gasteiger partial charge in [-0.15, -0.1) is 23.2 Å². The number of thiophene rings is 1. The van der Waals surface area contributed by atoms with Gasteiger partial charge in [0.25, 0.3) is 0 Å². The highest BCUT2D eigenvalue weighted by Gasteiger charge is 2.28. The number of aliphatic hydroxyl groups excluding tert-OH is 1. The average Bonchev–Trinajstić information content (AvgIpc) is 3.33. The van der Waals surface area contributed by atoms with Crippen LogP contribution in [0.1, 0.15) is 60.5 Å². The summed E-state index contributed by atoms with van der Waals surface area (Å²) < 4.78 is 4.74. The van der Waals surface area contributed by atoms with E-state index in [1.54, 1.807) is 6.07 Å². The van der Waals surface area contributed by atoms with E-state index in [9.17, 15) is 14.7 Å². The summed E-state index contributed by atoms with van der Waals surface area (Å²) in [6, 6.07) is 3.77. The van der Waals surface area contributed by atoms with Crippen LogP contribution in [0.15, 0.2) is 24.3 Å². The van der Waals surface area contributed by atoms with Gasteiger partial charge in [-0.1, -0.05) is 26.0 Å². The maximum absolute atomic E-state index is 12.3. The van der Waals surface area contributed by atoms with Crippen molar-refractivity contribution >= 4 is 23.2 Å². The molecule has 29 heavy (non-hydrogen) atoms. The largest absolute Gasteiger partial charge is 0.465 e. The molecule has 1 N–H and O–H groups in total. The van der Waals surface area contributed by atoms with Gasteiger partial charge in [-0.25, -0.2) is 4.79 Å². The first-order valence-electron chi connectivity index (χ1n) is 10.2. The molecule has 0 bridgehead atoms. The SMILES string of the molecule is CCC#CC[C@@H](C)[C@H](O)C=CC1CCC(=O)N1CCCc1ccc(C(=O)OC)s1. The van der Waals surface area contributed by atoms with Crippen molar-refractivity contribution in [1.82, 2.24) is 4.90 Å². The van der Waals surface area contributed by atoms with Crippen LogP contribution in [0.3, 0.4) is 0 Å². The third kappa shape index (κ3) is 7.02. The summed E-state index contributed by atoms with van der Waals surface area (Å²) in [5.74, 6) is 6.03. The second kappa shape index (κ2) is 11.8. The molecule has 1 saturated heterocycles. The zero-order chi connectivity index (χ0) is 21.2. The minimum atomic E-state index is -0.554. The van der Waals surface area contributed by atoms with Crippen molar-refractivity contribution in [3.05, 3.63) is 34.0 Å². The predicted molar refractivity (Wildman–Crippen MR) is 116 cm³/mol. The Morgan fingerprint density at radius 1 is 1.45 bits per heavy atom. The molecule has 2 heterocycles. The number of amides is 1. The van der Waals surface area contributed by atoms with Gasteiger partial charge in [0.2, 0.25) is 5.91 Å². The molecule has 1 amide bonds. The summed E-state index contributed by atoms with van der Waals surface area (Å²) in [4.78, 5) is 27.4. The molecule has 1 fully saturated rings. The van der Waals surface area contributed by atoms with Crippen LogP contribution in [0.4, 0.5) is 0 Å². The maximum Gasteiger partial charge on any atom is 0.348 e. The Balaban J connectivity index is 1.85. The molecule has 1 unspecified atom stereocenters. The first-order chi connectivity index (χ1) is 14.0. The van der Waals surface area contributed by atoms with Gasteiger partial charge in [0.05, 0.1) is 19.3 Å².